The second-order valence-corrected chi connectivity index (χ2v) is 8.34. The molecule has 4 rings (SSSR count). The van der Waals surface area contributed by atoms with Crippen LogP contribution in [0, 0.1) is 0 Å². The number of carbonyl (C=O) groups is 1. The molecule has 0 unspecified atom stereocenters. The van der Waals surface area contributed by atoms with Crippen LogP contribution in [0.5, 0.6) is 0 Å². The highest BCUT2D eigenvalue weighted by molar-refractivity contribution is 5.75. The van der Waals surface area contributed by atoms with E-state index in [1.54, 1.807) is 0 Å². The van der Waals surface area contributed by atoms with Gasteiger partial charge in [0.15, 0.2) is 0 Å². The zero-order valence-corrected chi connectivity index (χ0v) is 16.3. The molecule has 5 nitrogen and oxygen atoms in total. The molecule has 0 bridgehead atoms. The van der Waals surface area contributed by atoms with E-state index in [4.69, 9.17) is 4.74 Å². The molecule has 0 atom stereocenters. The number of hydrogen-bond acceptors (Lipinski definition) is 3. The smallest absolute Gasteiger partial charge is 0.317 e. The molecule has 0 spiro atoms. The van der Waals surface area contributed by atoms with Crippen LogP contribution >= 0.6 is 0 Å². The first-order valence-electron chi connectivity index (χ1n) is 10.7. The Labute approximate surface area is 163 Å². The number of amides is 2. The normalized spacial score (nSPS) is 22.6. The summed E-state index contributed by atoms with van der Waals surface area (Å²) in [6.45, 7) is 4.38. The zero-order chi connectivity index (χ0) is 18.5. The van der Waals surface area contributed by atoms with E-state index < -0.39 is 0 Å². The molecule has 1 aliphatic carbocycles. The van der Waals surface area contributed by atoms with Gasteiger partial charge < -0.3 is 15.0 Å². The lowest BCUT2D eigenvalue weighted by Gasteiger charge is -2.49. The largest absolute Gasteiger partial charge is 0.381 e. The van der Waals surface area contributed by atoms with Gasteiger partial charge >= 0.3 is 6.03 Å². The minimum Gasteiger partial charge on any atom is -0.381 e. The lowest BCUT2D eigenvalue weighted by molar-refractivity contribution is -0.0240. The van der Waals surface area contributed by atoms with E-state index in [0.29, 0.717) is 18.1 Å². The molecule has 2 aliphatic heterocycles. The van der Waals surface area contributed by atoms with Crippen molar-refractivity contribution < 1.29 is 9.53 Å². The van der Waals surface area contributed by atoms with E-state index in [1.165, 1.54) is 24.8 Å². The molecular weight excluding hydrogens is 338 g/mol. The third-order valence-corrected chi connectivity index (χ3v) is 6.42. The molecule has 2 amide bonds. The number of nitrogens with zero attached hydrogens (tertiary/aromatic N) is 2. The van der Waals surface area contributed by atoms with Gasteiger partial charge in [-0.15, -0.1) is 0 Å². The van der Waals surface area contributed by atoms with Crippen molar-refractivity contribution in [2.24, 2.45) is 0 Å². The van der Waals surface area contributed by atoms with Crippen LogP contribution in [0.15, 0.2) is 30.3 Å². The summed E-state index contributed by atoms with van der Waals surface area (Å²) in [5, 5.41) is 3.26. The lowest BCUT2D eigenvalue weighted by atomic mass is 9.95. The van der Waals surface area contributed by atoms with E-state index in [1.807, 2.05) is 4.90 Å². The molecule has 3 fully saturated rings. The highest BCUT2D eigenvalue weighted by Gasteiger charge is 2.38. The summed E-state index contributed by atoms with van der Waals surface area (Å²) in [6, 6.07) is 12.3. The number of urea groups is 1. The molecule has 27 heavy (non-hydrogen) atoms. The second-order valence-electron chi connectivity index (χ2n) is 8.34. The summed E-state index contributed by atoms with van der Waals surface area (Å²) in [6.07, 6.45) is 8.30. The third kappa shape index (κ3) is 4.82. The van der Waals surface area contributed by atoms with Gasteiger partial charge in [-0.05, 0) is 31.2 Å². The van der Waals surface area contributed by atoms with Gasteiger partial charge in [0.25, 0.3) is 0 Å². The third-order valence-electron chi connectivity index (χ3n) is 6.42. The standard InChI is InChI=1S/C22H33N3O2/c26-22(23-19-9-5-2-6-10-19)24-16-21(17-24)25(20-11-13-27-14-12-20)15-18-7-3-1-4-8-18/h1,3-4,7-8,19-21H,2,5-6,9-17H2,(H,23,26). The van der Waals surface area contributed by atoms with Crippen LogP contribution in [-0.2, 0) is 11.3 Å². The molecule has 2 heterocycles. The first-order chi connectivity index (χ1) is 13.3. The Morgan fingerprint density at radius 1 is 1.00 bits per heavy atom. The number of ether oxygens (including phenoxy) is 1. The van der Waals surface area contributed by atoms with Crippen molar-refractivity contribution in [3.8, 4) is 0 Å². The van der Waals surface area contributed by atoms with E-state index >= 15 is 0 Å². The van der Waals surface area contributed by atoms with E-state index in [9.17, 15) is 4.79 Å². The quantitative estimate of drug-likeness (QED) is 0.863. The van der Waals surface area contributed by atoms with Gasteiger partial charge in [0.2, 0.25) is 0 Å². The molecule has 0 aromatic heterocycles. The molecular formula is C22H33N3O2. The van der Waals surface area contributed by atoms with Gasteiger partial charge in [0.1, 0.15) is 0 Å². The van der Waals surface area contributed by atoms with E-state index in [0.717, 1.165) is 58.5 Å². The summed E-state index contributed by atoms with van der Waals surface area (Å²) in [4.78, 5) is 17.2. The fourth-order valence-corrected chi connectivity index (χ4v) is 4.71. The number of benzene rings is 1. The Balaban J connectivity index is 1.33. The fraction of sp³-hybridized carbons (Fsp3) is 0.682. The van der Waals surface area contributed by atoms with E-state index in [-0.39, 0.29) is 6.03 Å². The summed E-state index contributed by atoms with van der Waals surface area (Å²) >= 11 is 0. The molecule has 2 saturated heterocycles. The number of hydrogen-bond donors (Lipinski definition) is 1. The van der Waals surface area contributed by atoms with Crippen LogP contribution in [0.1, 0.15) is 50.5 Å². The first-order valence-corrected chi connectivity index (χ1v) is 10.7. The summed E-state index contributed by atoms with van der Waals surface area (Å²) < 4.78 is 5.57. The minimum absolute atomic E-state index is 0.143. The molecule has 1 saturated carbocycles. The second kappa shape index (κ2) is 9.07. The van der Waals surface area contributed by atoms with Crippen molar-refractivity contribution in [3.05, 3.63) is 35.9 Å². The molecule has 1 aromatic carbocycles. The highest BCUT2D eigenvalue weighted by Crippen LogP contribution is 2.26. The lowest BCUT2D eigenvalue weighted by Crippen LogP contribution is -2.65. The molecule has 1 N–H and O–H groups in total. The van der Waals surface area contributed by atoms with Crippen molar-refractivity contribution in [2.75, 3.05) is 26.3 Å². The van der Waals surface area contributed by atoms with Gasteiger partial charge in [-0.2, -0.15) is 0 Å². The zero-order valence-electron chi connectivity index (χ0n) is 16.3. The van der Waals surface area contributed by atoms with Gasteiger partial charge in [0.05, 0.1) is 0 Å². The van der Waals surface area contributed by atoms with Crippen LogP contribution in [0.25, 0.3) is 0 Å². The van der Waals surface area contributed by atoms with Gasteiger partial charge in [-0.25, -0.2) is 4.79 Å². The van der Waals surface area contributed by atoms with Gasteiger partial charge in [0, 0.05) is 51.0 Å². The van der Waals surface area contributed by atoms with Crippen LogP contribution in [-0.4, -0.2) is 60.3 Å². The SMILES string of the molecule is O=C(NC1CCCCC1)N1CC(N(Cc2ccccc2)C2CCOCC2)C1. The molecule has 0 radical (unpaired) electrons. The van der Waals surface area contributed by atoms with E-state index in [2.05, 4.69) is 40.5 Å². The van der Waals surface area contributed by atoms with Crippen LogP contribution < -0.4 is 5.32 Å². The monoisotopic (exact) mass is 371 g/mol. The van der Waals surface area contributed by atoms with Crippen LogP contribution in [0.3, 0.4) is 0 Å². The van der Waals surface area contributed by atoms with Crippen molar-refractivity contribution in [2.45, 2.75) is 69.6 Å². The van der Waals surface area contributed by atoms with Gasteiger partial charge in [-0.3, -0.25) is 4.90 Å². The topological polar surface area (TPSA) is 44.8 Å². The highest BCUT2D eigenvalue weighted by atomic mass is 16.5. The Morgan fingerprint density at radius 3 is 2.41 bits per heavy atom. The van der Waals surface area contributed by atoms with Crippen molar-refractivity contribution in [1.29, 1.82) is 0 Å². The summed E-state index contributed by atoms with van der Waals surface area (Å²) in [5.41, 5.74) is 1.36. The Morgan fingerprint density at radius 2 is 1.70 bits per heavy atom. The summed E-state index contributed by atoms with van der Waals surface area (Å²) in [7, 11) is 0. The first kappa shape index (κ1) is 18.8. The Hall–Kier alpha value is -1.59. The van der Waals surface area contributed by atoms with Crippen molar-refractivity contribution >= 4 is 6.03 Å². The minimum atomic E-state index is 0.143. The number of rotatable bonds is 5. The average Bonchev–Trinajstić information content (AvgIpc) is 2.68. The van der Waals surface area contributed by atoms with Crippen LogP contribution in [0.4, 0.5) is 4.79 Å². The summed E-state index contributed by atoms with van der Waals surface area (Å²) in [5.74, 6) is 0. The number of nitrogens with one attached hydrogen (secondary N) is 1. The van der Waals surface area contributed by atoms with Gasteiger partial charge in [-0.1, -0.05) is 49.6 Å². The van der Waals surface area contributed by atoms with Crippen LogP contribution in [0.2, 0.25) is 0 Å². The molecule has 148 valence electrons. The predicted molar refractivity (Wildman–Crippen MR) is 107 cm³/mol. The Bertz CT molecular complexity index is 591. The number of carbonyl (C=O) groups excluding carboxylic acids is 1. The van der Waals surface area contributed by atoms with Crippen molar-refractivity contribution in [3.63, 3.8) is 0 Å². The molecule has 3 aliphatic rings. The predicted octanol–water partition coefficient (Wildman–Crippen LogP) is 3.39. The maximum absolute atomic E-state index is 12.6. The molecule has 1 aromatic rings. The maximum atomic E-state index is 12.6. The fourth-order valence-electron chi connectivity index (χ4n) is 4.71. The average molecular weight is 372 g/mol. The number of likely N-dealkylation sites (tertiary alicyclic amines) is 1. The maximum Gasteiger partial charge on any atom is 0.317 e. The Kier molecular flexibility index (Phi) is 6.30. The van der Waals surface area contributed by atoms with Crippen molar-refractivity contribution in [1.82, 2.24) is 15.1 Å². The molecule has 5 heteroatoms.